The molecule has 0 saturated heterocycles. The average Bonchev–Trinajstić information content (AvgIpc) is 3.85. The molecule has 10 rings (SSSR count). The lowest BCUT2D eigenvalue weighted by molar-refractivity contribution is 1.02. The zero-order valence-corrected chi connectivity index (χ0v) is 24.2. The summed E-state index contributed by atoms with van der Waals surface area (Å²) in [5.41, 5.74) is 4.01. The molecule has 6 aromatic carbocycles. The van der Waals surface area contributed by atoms with Gasteiger partial charge in [0.05, 0.1) is 55.0 Å². The molecule has 0 aliphatic heterocycles. The second-order valence-corrected chi connectivity index (χ2v) is 11.8. The van der Waals surface area contributed by atoms with E-state index in [4.69, 9.17) is 22.3 Å². The number of fused-ring (bicyclic) bond motifs is 10. The number of aromatic nitrogens is 4. The van der Waals surface area contributed by atoms with Gasteiger partial charge in [-0.15, -0.1) is 11.3 Å². The van der Waals surface area contributed by atoms with E-state index in [9.17, 15) is 0 Å². The van der Waals surface area contributed by atoms with Crippen molar-refractivity contribution < 1.29 is 12.3 Å². The topological polar surface area (TPSA) is 35.6 Å². The second-order valence-electron chi connectivity index (χ2n) is 10.8. The molecule has 0 aliphatic carbocycles. The van der Waals surface area contributed by atoms with E-state index < -0.39 is 54.4 Å². The molecule has 0 aliphatic rings. The van der Waals surface area contributed by atoms with Crippen molar-refractivity contribution in [2.24, 2.45) is 0 Å². The monoisotopic (exact) mass is 601 g/mol. The van der Waals surface area contributed by atoms with Crippen molar-refractivity contribution in [1.82, 2.24) is 19.1 Å². The molecule has 0 amide bonds. The van der Waals surface area contributed by atoms with E-state index in [0.717, 1.165) is 58.7 Å². The smallest absolute Gasteiger partial charge is 0.235 e. The number of para-hydroxylation sites is 4. The molecule has 5 heteroatoms. The Kier molecular flexibility index (Phi) is 3.64. The number of hydrogen-bond donors (Lipinski definition) is 0. The summed E-state index contributed by atoms with van der Waals surface area (Å²) in [7, 11) is 0. The van der Waals surface area contributed by atoms with Crippen LogP contribution in [-0.4, -0.2) is 19.1 Å². The zero-order valence-electron chi connectivity index (χ0n) is 32.4. The zero-order chi connectivity index (χ0) is 37.3. The van der Waals surface area contributed by atoms with Gasteiger partial charge < -0.3 is 4.57 Å². The number of nitrogens with zero attached hydrogens (tertiary/aromatic N) is 4. The lowest BCUT2D eigenvalue weighted by atomic mass is 10.1. The van der Waals surface area contributed by atoms with Crippen LogP contribution in [0.15, 0.2) is 145 Å². The third-order valence-corrected chi connectivity index (χ3v) is 9.59. The largest absolute Gasteiger partial charge is 0.308 e. The van der Waals surface area contributed by atoms with Crippen LogP contribution < -0.4 is 0 Å². The minimum atomic E-state index is -0.588. The number of thiophene rings is 1. The molecule has 4 aromatic heterocycles. The maximum atomic E-state index is 8.94. The van der Waals surface area contributed by atoms with E-state index in [-0.39, 0.29) is 28.1 Å². The fourth-order valence-electron chi connectivity index (χ4n) is 6.52. The fourth-order valence-corrected chi connectivity index (χ4v) is 7.88. The van der Waals surface area contributed by atoms with Gasteiger partial charge in [-0.25, -0.2) is 9.97 Å². The number of hydrogen-bond acceptors (Lipinski definition) is 3. The first-order valence-electron chi connectivity index (χ1n) is 18.9. The Hall–Kier alpha value is -5.78. The Balaban J connectivity index is 1.41. The summed E-state index contributed by atoms with van der Waals surface area (Å²) in [5.74, 6) is 0.0296. The van der Waals surface area contributed by atoms with Crippen molar-refractivity contribution in [3.05, 3.63) is 145 Å². The Labute approximate surface area is 274 Å². The van der Waals surface area contributed by atoms with Gasteiger partial charge in [0.25, 0.3) is 0 Å². The van der Waals surface area contributed by atoms with Crippen LogP contribution in [0.1, 0.15) is 12.3 Å². The van der Waals surface area contributed by atoms with E-state index in [1.54, 1.807) is 11.3 Å². The highest BCUT2D eigenvalue weighted by molar-refractivity contribution is 7.27. The third-order valence-electron chi connectivity index (χ3n) is 8.36. The molecule has 45 heavy (non-hydrogen) atoms. The van der Waals surface area contributed by atoms with Gasteiger partial charge in [-0.1, -0.05) is 115 Å². The normalized spacial score (nSPS) is 14.8. The van der Waals surface area contributed by atoms with Gasteiger partial charge in [0, 0.05) is 38.2 Å². The highest BCUT2D eigenvalue weighted by atomic mass is 32.1. The molecule has 0 atom stereocenters. The van der Waals surface area contributed by atoms with E-state index >= 15 is 0 Å². The van der Waals surface area contributed by atoms with Crippen LogP contribution in [0.5, 0.6) is 0 Å². The molecule has 0 radical (unpaired) electrons. The molecule has 4 nitrogen and oxygen atoms in total. The molecular weight excluding hydrogens is 569 g/mol. The van der Waals surface area contributed by atoms with Crippen molar-refractivity contribution >= 4 is 75.3 Å². The average molecular weight is 602 g/mol. The fraction of sp³-hybridized carbons (Fsp3) is 0. The Bertz CT molecular complexity index is 3250. The summed E-state index contributed by atoms with van der Waals surface area (Å²) < 4.78 is 83.7. The predicted octanol–water partition coefficient (Wildman–Crippen LogP) is 10.7. The highest BCUT2D eigenvalue weighted by Crippen LogP contribution is 2.47. The van der Waals surface area contributed by atoms with Crippen LogP contribution in [-0.2, 0) is 0 Å². The van der Waals surface area contributed by atoms with Crippen LogP contribution in [0.3, 0.4) is 0 Å². The van der Waals surface area contributed by atoms with Gasteiger partial charge in [0.1, 0.15) is 0 Å². The summed E-state index contributed by atoms with van der Waals surface area (Å²) >= 11 is 1.64. The predicted molar refractivity (Wildman–Crippen MR) is 189 cm³/mol. The van der Waals surface area contributed by atoms with Gasteiger partial charge in [0.15, 0.2) is 0 Å². The lowest BCUT2D eigenvalue weighted by Crippen LogP contribution is -2.03. The molecular formula is C40H24N4S. The minimum absolute atomic E-state index is 0.0296. The van der Waals surface area contributed by atoms with Crippen LogP contribution in [0.4, 0.5) is 0 Å². The summed E-state index contributed by atoms with van der Waals surface area (Å²) in [6.45, 7) is 0. The molecule has 0 spiro atoms. The summed E-state index contributed by atoms with van der Waals surface area (Å²) in [5, 5.41) is 3.74. The first-order valence-corrected chi connectivity index (χ1v) is 15.2. The van der Waals surface area contributed by atoms with E-state index in [1.165, 1.54) is 0 Å². The number of rotatable bonds is 3. The van der Waals surface area contributed by atoms with Crippen molar-refractivity contribution in [3.8, 4) is 22.9 Å². The summed E-state index contributed by atoms with van der Waals surface area (Å²) in [6.07, 6.45) is 0. The van der Waals surface area contributed by atoms with Crippen molar-refractivity contribution in [3.63, 3.8) is 0 Å². The maximum absolute atomic E-state index is 8.94. The SMILES string of the molecule is [2H]c1c([2H])c([2H])c(-c2nc(-n3c4ccccc4c4ccc5c(sc6c7ccccc7n(-c7ccccc7)c56)c43)nc3c([2H])c([2H])c([2H])c([2H])c23)c([2H])c1[2H]. The second kappa shape index (κ2) is 9.36. The highest BCUT2D eigenvalue weighted by Gasteiger charge is 2.23. The molecule has 0 unspecified atom stereocenters. The third kappa shape index (κ3) is 3.47. The van der Waals surface area contributed by atoms with Gasteiger partial charge in [-0.3, -0.25) is 4.57 Å². The quantitative estimate of drug-likeness (QED) is 0.202. The van der Waals surface area contributed by atoms with Gasteiger partial charge in [-0.2, -0.15) is 0 Å². The van der Waals surface area contributed by atoms with Gasteiger partial charge in [-0.05, 0) is 30.3 Å². The van der Waals surface area contributed by atoms with E-state index in [0.29, 0.717) is 0 Å². The first-order chi connectivity index (χ1) is 26.1. The molecule has 210 valence electrons. The first kappa shape index (κ1) is 17.5. The van der Waals surface area contributed by atoms with Crippen LogP contribution in [0.2, 0.25) is 0 Å². The standard InChI is InChI=1S/C40H24N4S/c1-3-13-25(14-4-1)35-29-18-7-10-20-32(29)41-40(42-35)44-33-21-11-8-17-27(33)28-23-24-31-37-38(45-39(31)36(28)44)30-19-9-12-22-34(30)43(37)26-15-5-2-6-16-26/h1-24H/i1D,3D,4D,7D,10D,13D,14D,18D,20D. The van der Waals surface area contributed by atoms with E-state index in [1.807, 2.05) is 59.2 Å². The Morgan fingerprint density at radius 2 is 1.16 bits per heavy atom. The van der Waals surface area contributed by atoms with Crippen LogP contribution >= 0.6 is 11.3 Å². The van der Waals surface area contributed by atoms with Crippen LogP contribution in [0.25, 0.3) is 86.8 Å². The van der Waals surface area contributed by atoms with E-state index in [2.05, 4.69) is 41.0 Å². The molecule has 0 N–H and O–H groups in total. The Morgan fingerprint density at radius 1 is 0.511 bits per heavy atom. The molecule has 0 fully saturated rings. The maximum Gasteiger partial charge on any atom is 0.235 e. The van der Waals surface area contributed by atoms with Crippen molar-refractivity contribution in [2.75, 3.05) is 0 Å². The molecule has 0 saturated carbocycles. The minimum Gasteiger partial charge on any atom is -0.308 e. The van der Waals surface area contributed by atoms with Crippen molar-refractivity contribution in [2.45, 2.75) is 0 Å². The molecule has 4 heterocycles. The lowest BCUT2D eigenvalue weighted by Gasteiger charge is -2.12. The molecule has 0 bridgehead atoms. The van der Waals surface area contributed by atoms with Gasteiger partial charge in [0.2, 0.25) is 5.95 Å². The van der Waals surface area contributed by atoms with Crippen molar-refractivity contribution in [1.29, 1.82) is 0 Å². The van der Waals surface area contributed by atoms with Crippen LogP contribution in [0, 0.1) is 0 Å². The molecule has 10 aromatic rings. The Morgan fingerprint density at radius 3 is 2.00 bits per heavy atom. The summed E-state index contributed by atoms with van der Waals surface area (Å²) in [6, 6.07) is 25.6. The number of benzene rings is 6. The summed E-state index contributed by atoms with van der Waals surface area (Å²) in [4.78, 5) is 9.76. The van der Waals surface area contributed by atoms with Gasteiger partial charge >= 0.3 is 0 Å².